The van der Waals surface area contributed by atoms with Crippen LogP contribution in [0.15, 0.2) is 11.1 Å². The van der Waals surface area contributed by atoms with Gasteiger partial charge in [0.05, 0.1) is 12.7 Å². The molecule has 2 aliphatic heterocycles. The largest absolute Gasteiger partial charge is 0.350 e. The second-order valence-corrected chi connectivity index (χ2v) is 9.69. The van der Waals surface area contributed by atoms with Crippen molar-refractivity contribution in [3.05, 3.63) is 11.1 Å². The van der Waals surface area contributed by atoms with Gasteiger partial charge in [0, 0.05) is 12.5 Å². The van der Waals surface area contributed by atoms with E-state index in [9.17, 15) is 0 Å². The topological polar surface area (TPSA) is 21.7 Å². The number of hydrogen-bond acceptors (Lipinski definition) is 3. The maximum absolute atomic E-state index is 6.44. The maximum Gasteiger partial charge on any atom is 0.161 e. The Kier molecular flexibility index (Phi) is 5.28. The second kappa shape index (κ2) is 7.32. The average molecular weight is 348 g/mol. The van der Waals surface area contributed by atoms with Crippen molar-refractivity contribution in [2.24, 2.45) is 17.3 Å². The van der Waals surface area contributed by atoms with Gasteiger partial charge in [0.1, 0.15) is 0 Å². The van der Waals surface area contributed by atoms with E-state index in [1.54, 1.807) is 11.1 Å². The number of rotatable bonds is 3. The molecular weight excluding hydrogens is 310 g/mol. The highest BCUT2D eigenvalue weighted by atomic mass is 16.7. The monoisotopic (exact) mass is 347 g/mol. The molecule has 0 amide bonds. The van der Waals surface area contributed by atoms with Gasteiger partial charge in [-0.05, 0) is 69.4 Å². The summed E-state index contributed by atoms with van der Waals surface area (Å²) >= 11 is 0. The van der Waals surface area contributed by atoms with E-state index in [0.717, 1.165) is 13.2 Å². The first-order valence-corrected chi connectivity index (χ1v) is 10.7. The average Bonchev–Trinajstić information content (AvgIpc) is 3.03. The fourth-order valence-corrected chi connectivity index (χ4v) is 5.73. The zero-order chi connectivity index (χ0) is 17.4. The van der Waals surface area contributed by atoms with Crippen molar-refractivity contribution in [3.63, 3.8) is 0 Å². The molecule has 0 aromatic carbocycles. The summed E-state index contributed by atoms with van der Waals surface area (Å²) in [7, 11) is 0. The standard InChI is InChI=1S/C22H37NO2/c1-16-12-17-8-7-9-22(2,3)20(17)13-19(16)21-24-15-18(25-21)14-23-10-5-4-6-11-23/h16,18-19,21H,4-15H2,1-3H3/t16-,18+,19-,21-/m1/s1. The number of ether oxygens (including phenoxy) is 2. The Labute approximate surface area is 154 Å². The minimum atomic E-state index is 0.0246. The molecule has 4 aliphatic rings. The lowest BCUT2D eigenvalue weighted by molar-refractivity contribution is -0.115. The highest BCUT2D eigenvalue weighted by molar-refractivity contribution is 5.27. The molecule has 0 aromatic heterocycles. The Bertz CT molecular complexity index is 506. The molecule has 3 heteroatoms. The van der Waals surface area contributed by atoms with Crippen molar-refractivity contribution in [2.75, 3.05) is 26.2 Å². The molecule has 0 unspecified atom stereocenters. The number of allylic oxidation sites excluding steroid dienone is 2. The molecule has 0 saturated carbocycles. The van der Waals surface area contributed by atoms with E-state index in [2.05, 4.69) is 25.7 Å². The van der Waals surface area contributed by atoms with E-state index < -0.39 is 0 Å². The van der Waals surface area contributed by atoms with Crippen molar-refractivity contribution in [2.45, 2.75) is 84.5 Å². The Hall–Kier alpha value is -0.380. The smallest absolute Gasteiger partial charge is 0.161 e. The van der Waals surface area contributed by atoms with Crippen LogP contribution < -0.4 is 0 Å². The summed E-state index contributed by atoms with van der Waals surface area (Å²) in [6.45, 7) is 11.7. The predicted molar refractivity (Wildman–Crippen MR) is 101 cm³/mol. The number of nitrogens with zero attached hydrogens (tertiary/aromatic N) is 1. The van der Waals surface area contributed by atoms with Crippen LogP contribution in [0, 0.1) is 17.3 Å². The first-order chi connectivity index (χ1) is 12.0. The van der Waals surface area contributed by atoms with E-state index in [1.807, 2.05) is 0 Å². The van der Waals surface area contributed by atoms with Crippen LogP contribution in [0.3, 0.4) is 0 Å². The fraction of sp³-hybridized carbons (Fsp3) is 0.909. The van der Waals surface area contributed by atoms with Crippen LogP contribution >= 0.6 is 0 Å². The van der Waals surface area contributed by atoms with Gasteiger partial charge in [-0.1, -0.05) is 38.3 Å². The summed E-state index contributed by atoms with van der Waals surface area (Å²) in [5.74, 6) is 1.23. The zero-order valence-corrected chi connectivity index (χ0v) is 16.6. The molecule has 2 heterocycles. The Morgan fingerprint density at radius 2 is 1.88 bits per heavy atom. The fourth-order valence-electron chi connectivity index (χ4n) is 5.73. The SMILES string of the molecule is C[C@@H]1CC2=C(C[C@H]1[C@@H]1OC[C@H](CN3CCCCC3)O1)C(C)(C)CCC2. The lowest BCUT2D eigenvalue weighted by Gasteiger charge is -2.44. The second-order valence-electron chi connectivity index (χ2n) is 9.69. The molecule has 142 valence electrons. The van der Waals surface area contributed by atoms with Gasteiger partial charge >= 0.3 is 0 Å². The van der Waals surface area contributed by atoms with Gasteiger partial charge in [0.25, 0.3) is 0 Å². The molecule has 4 atom stereocenters. The van der Waals surface area contributed by atoms with Gasteiger partial charge < -0.3 is 14.4 Å². The van der Waals surface area contributed by atoms with Crippen LogP contribution in [0.25, 0.3) is 0 Å². The summed E-state index contributed by atoms with van der Waals surface area (Å²) in [5, 5.41) is 0. The highest BCUT2D eigenvalue weighted by Gasteiger charge is 2.42. The van der Waals surface area contributed by atoms with E-state index in [-0.39, 0.29) is 12.4 Å². The van der Waals surface area contributed by atoms with Crippen molar-refractivity contribution >= 4 is 0 Å². The van der Waals surface area contributed by atoms with Gasteiger partial charge in [0.15, 0.2) is 6.29 Å². The molecule has 0 aromatic rings. The Balaban J connectivity index is 1.38. The van der Waals surface area contributed by atoms with Gasteiger partial charge in [-0.2, -0.15) is 0 Å². The van der Waals surface area contributed by atoms with E-state index >= 15 is 0 Å². The Morgan fingerprint density at radius 1 is 1.08 bits per heavy atom. The molecule has 3 nitrogen and oxygen atoms in total. The van der Waals surface area contributed by atoms with Crippen LogP contribution in [-0.2, 0) is 9.47 Å². The van der Waals surface area contributed by atoms with Crippen molar-refractivity contribution in [1.29, 1.82) is 0 Å². The number of likely N-dealkylation sites (tertiary alicyclic amines) is 1. The van der Waals surface area contributed by atoms with Crippen molar-refractivity contribution in [3.8, 4) is 0 Å². The number of hydrogen-bond donors (Lipinski definition) is 0. The zero-order valence-electron chi connectivity index (χ0n) is 16.6. The highest BCUT2D eigenvalue weighted by Crippen LogP contribution is 2.50. The third-order valence-electron chi connectivity index (χ3n) is 7.30. The third-order valence-corrected chi connectivity index (χ3v) is 7.30. The lowest BCUT2D eigenvalue weighted by atomic mass is 9.63. The van der Waals surface area contributed by atoms with Crippen LogP contribution in [0.1, 0.15) is 72.1 Å². The summed E-state index contributed by atoms with van der Waals surface area (Å²) in [5.41, 5.74) is 3.90. The van der Waals surface area contributed by atoms with Crippen molar-refractivity contribution < 1.29 is 9.47 Å². The quantitative estimate of drug-likeness (QED) is 0.687. The van der Waals surface area contributed by atoms with E-state index in [1.165, 1.54) is 64.5 Å². The van der Waals surface area contributed by atoms with E-state index in [4.69, 9.17) is 9.47 Å². The van der Waals surface area contributed by atoms with Crippen molar-refractivity contribution in [1.82, 2.24) is 4.90 Å². The van der Waals surface area contributed by atoms with Gasteiger partial charge in [-0.15, -0.1) is 0 Å². The molecule has 2 aliphatic carbocycles. The first kappa shape index (κ1) is 18.0. The van der Waals surface area contributed by atoms with Crippen LogP contribution in [0.5, 0.6) is 0 Å². The van der Waals surface area contributed by atoms with E-state index in [0.29, 0.717) is 17.3 Å². The Morgan fingerprint density at radius 3 is 2.68 bits per heavy atom. The minimum absolute atomic E-state index is 0.0246. The van der Waals surface area contributed by atoms with Crippen LogP contribution in [0.4, 0.5) is 0 Å². The lowest BCUT2D eigenvalue weighted by Crippen LogP contribution is -2.39. The molecule has 0 bridgehead atoms. The molecule has 0 spiro atoms. The summed E-state index contributed by atoms with van der Waals surface area (Å²) in [6.07, 6.45) is 10.9. The summed E-state index contributed by atoms with van der Waals surface area (Å²) in [4.78, 5) is 2.58. The third kappa shape index (κ3) is 3.84. The molecule has 2 fully saturated rings. The molecule has 0 N–H and O–H groups in total. The summed E-state index contributed by atoms with van der Waals surface area (Å²) in [6, 6.07) is 0. The minimum Gasteiger partial charge on any atom is -0.350 e. The van der Waals surface area contributed by atoms with Gasteiger partial charge in [0.2, 0.25) is 0 Å². The van der Waals surface area contributed by atoms with Crippen LogP contribution in [0.2, 0.25) is 0 Å². The molecule has 25 heavy (non-hydrogen) atoms. The maximum atomic E-state index is 6.44. The molecular formula is C22H37NO2. The first-order valence-electron chi connectivity index (χ1n) is 10.7. The number of piperidine rings is 1. The molecule has 2 saturated heterocycles. The molecule has 0 radical (unpaired) electrons. The predicted octanol–water partition coefficient (Wildman–Crippen LogP) is 4.77. The molecule has 4 rings (SSSR count). The normalized spacial score (nSPS) is 39.5. The summed E-state index contributed by atoms with van der Waals surface area (Å²) < 4.78 is 12.6. The van der Waals surface area contributed by atoms with Gasteiger partial charge in [-0.25, -0.2) is 0 Å². The van der Waals surface area contributed by atoms with Gasteiger partial charge in [-0.3, -0.25) is 0 Å². The van der Waals surface area contributed by atoms with Crippen LogP contribution in [-0.4, -0.2) is 43.5 Å².